The summed E-state index contributed by atoms with van der Waals surface area (Å²) in [6, 6.07) is 12.5. The molecule has 0 amide bonds. The van der Waals surface area contributed by atoms with Crippen LogP contribution in [0, 0.1) is 5.92 Å². The third kappa shape index (κ3) is 3.03. The molecule has 10 heteroatoms. The molecule has 2 aromatic rings. The van der Waals surface area contributed by atoms with Crippen LogP contribution in [0.15, 0.2) is 48.5 Å². The van der Waals surface area contributed by atoms with E-state index in [-0.39, 0.29) is 5.56 Å². The van der Waals surface area contributed by atoms with Gasteiger partial charge >= 0.3 is 15.2 Å². The van der Waals surface area contributed by atoms with Crippen LogP contribution < -0.4 is 0 Å². The van der Waals surface area contributed by atoms with Crippen LogP contribution in [0.3, 0.4) is 0 Å². The van der Waals surface area contributed by atoms with Crippen LogP contribution in [0.1, 0.15) is 25.0 Å². The lowest BCUT2D eigenvalue weighted by molar-refractivity contribution is 0.0829. The van der Waals surface area contributed by atoms with Crippen molar-refractivity contribution in [2.24, 2.45) is 5.92 Å². The summed E-state index contributed by atoms with van der Waals surface area (Å²) in [5.74, 6) is -0.922. The summed E-state index contributed by atoms with van der Waals surface area (Å²) < 4.78 is 37.6. The van der Waals surface area contributed by atoms with Gasteiger partial charge in [0.2, 0.25) is 5.34 Å². The highest BCUT2D eigenvalue weighted by Crippen LogP contribution is 2.84. The van der Waals surface area contributed by atoms with Crippen LogP contribution in [0.2, 0.25) is 10.0 Å². The van der Waals surface area contributed by atoms with Crippen molar-refractivity contribution < 1.29 is 28.0 Å². The van der Waals surface area contributed by atoms with Gasteiger partial charge in [-0.3, -0.25) is 13.7 Å². The van der Waals surface area contributed by atoms with Crippen molar-refractivity contribution in [3.05, 3.63) is 69.7 Å². The monoisotopic (exact) mass is 464 g/mol. The first kappa shape index (κ1) is 22.0. The summed E-state index contributed by atoms with van der Waals surface area (Å²) in [4.78, 5) is 20.7. The molecule has 0 bridgehead atoms. The molecule has 0 saturated carbocycles. The number of halogens is 2. The summed E-state index contributed by atoms with van der Waals surface area (Å²) in [5.41, 5.74) is 0.714. The topological polar surface area (TPSA) is 93.1 Å². The van der Waals surface area contributed by atoms with E-state index < -0.39 is 31.6 Å². The molecular formula is C18H20Cl2O6P2. The number of benzene rings is 2. The Morgan fingerprint density at radius 2 is 1.46 bits per heavy atom. The van der Waals surface area contributed by atoms with E-state index in [0.29, 0.717) is 15.6 Å². The molecule has 1 aliphatic rings. The second-order valence-corrected chi connectivity index (χ2v) is 12.0. The molecule has 1 heterocycles. The van der Waals surface area contributed by atoms with Crippen LogP contribution in [0.4, 0.5) is 0 Å². The van der Waals surface area contributed by atoms with E-state index in [2.05, 4.69) is 0 Å². The Morgan fingerprint density at radius 3 is 1.86 bits per heavy atom. The summed E-state index contributed by atoms with van der Waals surface area (Å²) in [6.45, 7) is 3.22. The van der Waals surface area contributed by atoms with Gasteiger partial charge in [0.25, 0.3) is 0 Å². The first-order valence-corrected chi connectivity index (χ1v) is 12.3. The molecule has 152 valence electrons. The van der Waals surface area contributed by atoms with Gasteiger partial charge in [-0.2, -0.15) is 0 Å². The maximum atomic E-state index is 13.8. The van der Waals surface area contributed by atoms with Gasteiger partial charge in [0.1, 0.15) is 5.16 Å². The minimum Gasteiger partial charge on any atom is -0.322 e. The van der Waals surface area contributed by atoms with E-state index >= 15 is 0 Å². The van der Waals surface area contributed by atoms with Gasteiger partial charge in [-0.15, -0.1) is 0 Å². The zero-order valence-electron chi connectivity index (χ0n) is 15.4. The van der Waals surface area contributed by atoms with Crippen molar-refractivity contribution in [1.29, 1.82) is 0 Å². The fourth-order valence-electron chi connectivity index (χ4n) is 3.86. The van der Waals surface area contributed by atoms with Gasteiger partial charge < -0.3 is 14.3 Å². The lowest BCUT2D eigenvalue weighted by atomic mass is 9.81. The fourth-order valence-corrected chi connectivity index (χ4v) is 8.61. The highest BCUT2D eigenvalue weighted by Gasteiger charge is 2.74. The van der Waals surface area contributed by atoms with Crippen LogP contribution in [-0.2, 0) is 28.7 Å². The van der Waals surface area contributed by atoms with E-state index in [0.717, 1.165) is 0 Å². The molecule has 4 atom stereocenters. The van der Waals surface area contributed by atoms with Crippen molar-refractivity contribution in [1.82, 2.24) is 0 Å². The molecule has 2 aromatic carbocycles. The SMILES string of the molecule is COP1(=O)OC(c2ccc(Cl)cc2)(P(=O)(O)O)C(C)C1(C)c1ccc(Cl)cc1. The number of rotatable bonds is 4. The van der Waals surface area contributed by atoms with E-state index in [1.807, 2.05) is 0 Å². The predicted octanol–water partition coefficient (Wildman–Crippen LogP) is 5.75. The minimum absolute atomic E-state index is 0.174. The smallest absolute Gasteiger partial charge is 0.322 e. The van der Waals surface area contributed by atoms with Gasteiger partial charge in [-0.25, -0.2) is 0 Å². The Bertz CT molecular complexity index is 975. The summed E-state index contributed by atoms with van der Waals surface area (Å²) in [7, 11) is -7.81. The number of hydrogen-bond acceptors (Lipinski definition) is 4. The molecule has 0 aromatic heterocycles. The van der Waals surface area contributed by atoms with Crippen molar-refractivity contribution in [3.63, 3.8) is 0 Å². The largest absolute Gasteiger partial charge is 0.362 e. The van der Waals surface area contributed by atoms with Crippen LogP contribution >= 0.6 is 38.4 Å². The maximum Gasteiger partial charge on any atom is 0.362 e. The standard InChI is InChI=1S/C18H20Cl2O6P2/c1-12-17(2,13-4-8-15(19)9-5-13)28(24,25-3)26-18(12,27(21,22)23)14-6-10-16(20)11-7-14/h4-12H,1-3H3,(H2,21,22,23). The average Bonchev–Trinajstić information content (AvgIpc) is 2.83. The van der Waals surface area contributed by atoms with Crippen LogP contribution in [0.5, 0.6) is 0 Å². The van der Waals surface area contributed by atoms with Crippen molar-refractivity contribution in [2.75, 3.05) is 7.11 Å². The van der Waals surface area contributed by atoms with Crippen molar-refractivity contribution >= 4 is 38.4 Å². The molecule has 6 nitrogen and oxygen atoms in total. The molecule has 0 radical (unpaired) electrons. The zero-order chi connectivity index (χ0) is 21.0. The Morgan fingerprint density at radius 1 is 1.04 bits per heavy atom. The number of hydrogen-bond donors (Lipinski definition) is 2. The molecule has 0 spiro atoms. The molecule has 1 fully saturated rings. The Labute approximate surface area is 173 Å². The quantitative estimate of drug-likeness (QED) is 0.559. The third-order valence-electron chi connectivity index (χ3n) is 5.62. The summed E-state index contributed by atoms with van der Waals surface area (Å²) in [6.07, 6.45) is 0. The summed E-state index contributed by atoms with van der Waals surface area (Å²) >= 11 is 11.9. The molecular weight excluding hydrogens is 445 g/mol. The van der Waals surface area contributed by atoms with E-state index in [9.17, 15) is 18.9 Å². The lowest BCUT2D eigenvalue weighted by Gasteiger charge is -2.36. The Kier molecular flexibility index (Phi) is 5.68. The van der Waals surface area contributed by atoms with Crippen molar-refractivity contribution in [3.8, 4) is 0 Å². The minimum atomic E-state index is -4.98. The molecule has 28 heavy (non-hydrogen) atoms. The molecule has 1 aliphatic heterocycles. The molecule has 0 aliphatic carbocycles. The first-order valence-electron chi connectivity index (χ1n) is 8.37. The third-order valence-corrected chi connectivity index (χ3v) is 10.7. The average molecular weight is 465 g/mol. The van der Waals surface area contributed by atoms with Gasteiger partial charge in [0, 0.05) is 23.1 Å². The van der Waals surface area contributed by atoms with Crippen molar-refractivity contribution in [2.45, 2.75) is 24.3 Å². The molecule has 4 unspecified atom stereocenters. The van der Waals surface area contributed by atoms with E-state index in [1.54, 1.807) is 38.1 Å². The first-order chi connectivity index (χ1) is 12.9. The molecule has 1 saturated heterocycles. The van der Waals surface area contributed by atoms with E-state index in [1.165, 1.54) is 31.4 Å². The Hall–Kier alpha value is -0.680. The lowest BCUT2D eigenvalue weighted by Crippen LogP contribution is -2.37. The Balaban J connectivity index is 2.32. The van der Waals surface area contributed by atoms with Gasteiger partial charge in [0.15, 0.2) is 0 Å². The normalized spacial score (nSPS) is 33.2. The van der Waals surface area contributed by atoms with Crippen LogP contribution in [-0.4, -0.2) is 16.9 Å². The van der Waals surface area contributed by atoms with Gasteiger partial charge in [-0.05, 0) is 42.3 Å². The second kappa shape index (κ2) is 7.23. The van der Waals surface area contributed by atoms with Gasteiger partial charge in [0.05, 0.1) is 0 Å². The molecule has 3 rings (SSSR count). The van der Waals surface area contributed by atoms with Gasteiger partial charge in [-0.1, -0.05) is 54.4 Å². The molecule has 2 N–H and O–H groups in total. The highest BCUT2D eigenvalue weighted by molar-refractivity contribution is 7.58. The van der Waals surface area contributed by atoms with Crippen LogP contribution in [0.25, 0.3) is 0 Å². The van der Waals surface area contributed by atoms with E-state index in [4.69, 9.17) is 32.2 Å². The second-order valence-electron chi connectivity index (χ2n) is 6.89. The zero-order valence-corrected chi connectivity index (χ0v) is 18.7. The highest BCUT2D eigenvalue weighted by atomic mass is 35.5. The summed E-state index contributed by atoms with van der Waals surface area (Å²) in [5, 5.41) is -2.64. The fraction of sp³-hybridized carbons (Fsp3) is 0.333. The maximum absolute atomic E-state index is 13.8. The predicted molar refractivity (Wildman–Crippen MR) is 109 cm³/mol.